The Hall–Kier alpha value is -1.97. The number of hydrogen-bond acceptors (Lipinski definition) is 3. The van der Waals surface area contributed by atoms with Gasteiger partial charge in [-0.1, -0.05) is 22.4 Å². The summed E-state index contributed by atoms with van der Waals surface area (Å²) in [4.78, 5) is 31.4. The van der Waals surface area contributed by atoms with Crippen LogP contribution in [0, 0.1) is 6.57 Å². The quantitative estimate of drug-likeness (QED) is 0.524. The van der Waals surface area contributed by atoms with Crippen LogP contribution >= 0.6 is 27.3 Å². The van der Waals surface area contributed by atoms with E-state index in [0.29, 0.717) is 21.8 Å². The van der Waals surface area contributed by atoms with Crippen LogP contribution in [0.15, 0.2) is 22.7 Å². The van der Waals surface area contributed by atoms with Crippen LogP contribution in [-0.4, -0.2) is 11.8 Å². The number of aryl methyl sites for hydroxylation is 1. The molecule has 2 heterocycles. The van der Waals surface area contributed by atoms with Crippen LogP contribution in [0.5, 0.6) is 0 Å². The maximum Gasteiger partial charge on any atom is 0.265 e. The van der Waals surface area contributed by atoms with E-state index in [0.717, 1.165) is 40.6 Å². The van der Waals surface area contributed by atoms with Crippen LogP contribution in [0.4, 0.5) is 10.7 Å². The van der Waals surface area contributed by atoms with Gasteiger partial charge in [-0.15, -0.1) is 11.3 Å². The first-order valence-corrected chi connectivity index (χ1v) is 8.93. The molecule has 2 amide bonds. The van der Waals surface area contributed by atoms with E-state index >= 15 is 0 Å². The molecule has 0 atom stereocenters. The van der Waals surface area contributed by atoms with Crippen LogP contribution in [0.3, 0.4) is 0 Å². The Bertz CT molecular complexity index is 910. The molecular formula is C17H11BrN2O2S. The lowest BCUT2D eigenvalue weighted by molar-refractivity contribution is 0.0927. The van der Waals surface area contributed by atoms with Crippen LogP contribution < -0.4 is 4.90 Å². The molecule has 114 valence electrons. The molecule has 0 bridgehead atoms. The van der Waals surface area contributed by atoms with E-state index < -0.39 is 0 Å². The van der Waals surface area contributed by atoms with Crippen LogP contribution in [0.2, 0.25) is 0 Å². The summed E-state index contributed by atoms with van der Waals surface area (Å²) in [5.41, 5.74) is 2.31. The fraction of sp³-hybridized carbons (Fsp3) is 0.235. The average Bonchev–Trinajstić information content (AvgIpc) is 3.03. The smallest absolute Gasteiger partial charge is 0.265 e. The van der Waals surface area contributed by atoms with E-state index in [1.165, 1.54) is 16.2 Å². The molecule has 1 aromatic carbocycles. The van der Waals surface area contributed by atoms with Crippen molar-refractivity contribution in [2.24, 2.45) is 0 Å². The van der Waals surface area contributed by atoms with E-state index in [9.17, 15) is 9.59 Å². The molecule has 0 unspecified atom stereocenters. The number of anilines is 1. The van der Waals surface area contributed by atoms with Crippen molar-refractivity contribution in [1.29, 1.82) is 0 Å². The Balaban J connectivity index is 1.87. The number of amides is 2. The van der Waals surface area contributed by atoms with Gasteiger partial charge < -0.3 is 0 Å². The second kappa shape index (κ2) is 5.29. The van der Waals surface area contributed by atoms with Gasteiger partial charge >= 0.3 is 0 Å². The van der Waals surface area contributed by atoms with Crippen molar-refractivity contribution >= 4 is 49.8 Å². The maximum atomic E-state index is 12.7. The van der Waals surface area contributed by atoms with Crippen molar-refractivity contribution in [1.82, 2.24) is 0 Å². The second-order valence-corrected chi connectivity index (χ2v) is 7.61. The van der Waals surface area contributed by atoms with E-state index in [1.54, 1.807) is 18.2 Å². The largest absolute Gasteiger partial charge is 0.268 e. The van der Waals surface area contributed by atoms with Crippen molar-refractivity contribution in [2.75, 3.05) is 4.90 Å². The summed E-state index contributed by atoms with van der Waals surface area (Å²) in [6.45, 7) is 7.51. The summed E-state index contributed by atoms with van der Waals surface area (Å²) in [6, 6.07) is 5.08. The molecule has 1 aliphatic carbocycles. The van der Waals surface area contributed by atoms with Crippen molar-refractivity contribution in [3.05, 3.63) is 55.7 Å². The zero-order valence-corrected chi connectivity index (χ0v) is 14.5. The number of carbonyl (C=O) groups is 2. The second-order valence-electron chi connectivity index (χ2n) is 5.61. The number of benzene rings is 1. The molecule has 1 aliphatic heterocycles. The fourth-order valence-electron chi connectivity index (χ4n) is 3.20. The molecule has 4 rings (SSSR count). The van der Waals surface area contributed by atoms with Gasteiger partial charge in [0, 0.05) is 4.47 Å². The lowest BCUT2D eigenvalue weighted by atomic mass is 9.98. The van der Waals surface area contributed by atoms with Crippen LogP contribution in [0.1, 0.15) is 44.0 Å². The van der Waals surface area contributed by atoms with Crippen molar-refractivity contribution < 1.29 is 9.59 Å². The topological polar surface area (TPSA) is 41.7 Å². The Morgan fingerprint density at radius 3 is 2.65 bits per heavy atom. The van der Waals surface area contributed by atoms with Gasteiger partial charge in [-0.05, 0) is 47.9 Å². The number of imide groups is 1. The van der Waals surface area contributed by atoms with E-state index in [4.69, 9.17) is 6.57 Å². The summed E-state index contributed by atoms with van der Waals surface area (Å²) in [6.07, 6.45) is 3.94. The van der Waals surface area contributed by atoms with Gasteiger partial charge in [0.1, 0.15) is 5.00 Å². The summed E-state index contributed by atoms with van der Waals surface area (Å²) in [5.74, 6) is -0.671. The molecule has 0 N–H and O–H groups in total. The predicted octanol–water partition coefficient (Wildman–Crippen LogP) is 4.74. The van der Waals surface area contributed by atoms with Gasteiger partial charge in [-0.3, -0.25) is 9.59 Å². The van der Waals surface area contributed by atoms with Crippen molar-refractivity contribution in [3.63, 3.8) is 0 Å². The summed E-state index contributed by atoms with van der Waals surface area (Å²) >= 11 is 4.76. The molecular weight excluding hydrogens is 376 g/mol. The molecule has 6 heteroatoms. The zero-order chi connectivity index (χ0) is 16.1. The number of nitrogens with zero attached hydrogens (tertiary/aromatic N) is 2. The number of fused-ring (bicyclic) bond motifs is 2. The Labute approximate surface area is 145 Å². The first-order valence-electron chi connectivity index (χ1n) is 7.32. The molecule has 0 spiro atoms. The zero-order valence-electron chi connectivity index (χ0n) is 12.1. The molecule has 4 nitrogen and oxygen atoms in total. The van der Waals surface area contributed by atoms with Gasteiger partial charge in [0.05, 0.1) is 17.7 Å². The SMILES string of the molecule is [C-]#[N+]c1c(N2C(=O)c3ccc(Br)cc3C2=O)sc2c1CCCC2. The molecule has 0 saturated carbocycles. The van der Waals surface area contributed by atoms with Crippen LogP contribution in [0.25, 0.3) is 4.85 Å². The third kappa shape index (κ3) is 2.07. The average molecular weight is 387 g/mol. The Morgan fingerprint density at radius 2 is 1.87 bits per heavy atom. The third-order valence-electron chi connectivity index (χ3n) is 4.29. The van der Waals surface area contributed by atoms with E-state index in [1.807, 2.05) is 0 Å². The minimum absolute atomic E-state index is 0.332. The number of halogens is 1. The predicted molar refractivity (Wildman–Crippen MR) is 92.5 cm³/mol. The first-order chi connectivity index (χ1) is 11.1. The Kier molecular flexibility index (Phi) is 3.36. The van der Waals surface area contributed by atoms with Gasteiger partial charge in [-0.25, -0.2) is 9.74 Å². The monoisotopic (exact) mass is 386 g/mol. The highest BCUT2D eigenvalue weighted by Crippen LogP contribution is 2.48. The van der Waals surface area contributed by atoms with Crippen molar-refractivity contribution in [3.8, 4) is 0 Å². The third-order valence-corrected chi connectivity index (χ3v) is 6.05. The van der Waals surface area contributed by atoms with Gasteiger partial charge in [0.2, 0.25) is 5.69 Å². The number of rotatable bonds is 1. The Morgan fingerprint density at radius 1 is 1.13 bits per heavy atom. The maximum absolute atomic E-state index is 12.7. The highest BCUT2D eigenvalue weighted by atomic mass is 79.9. The standard InChI is InChI=1S/C17H11BrN2O2S/c1-19-14-11-4-2-3-5-13(11)23-17(14)20-15(21)10-7-6-9(18)8-12(10)16(20)22/h6-8H,2-5H2. The van der Waals surface area contributed by atoms with Gasteiger partial charge in [-0.2, -0.15) is 0 Å². The number of thiophene rings is 1. The van der Waals surface area contributed by atoms with E-state index in [-0.39, 0.29) is 11.8 Å². The molecule has 0 fully saturated rings. The molecule has 0 radical (unpaired) electrons. The van der Waals surface area contributed by atoms with Gasteiger partial charge in [0.25, 0.3) is 11.8 Å². The minimum Gasteiger partial charge on any atom is -0.268 e. The fourth-order valence-corrected chi connectivity index (χ4v) is 4.88. The molecule has 2 aliphatic rings. The summed E-state index contributed by atoms with van der Waals surface area (Å²) in [5, 5.41) is 0.495. The molecule has 1 aromatic heterocycles. The molecule has 2 aromatic rings. The number of hydrogen-bond donors (Lipinski definition) is 0. The van der Waals surface area contributed by atoms with E-state index in [2.05, 4.69) is 20.8 Å². The molecule has 0 saturated heterocycles. The van der Waals surface area contributed by atoms with Gasteiger partial charge in [0.15, 0.2) is 0 Å². The van der Waals surface area contributed by atoms with Crippen molar-refractivity contribution in [2.45, 2.75) is 25.7 Å². The summed E-state index contributed by atoms with van der Waals surface area (Å²) < 4.78 is 0.759. The first kappa shape index (κ1) is 14.6. The lowest BCUT2D eigenvalue weighted by Gasteiger charge is -2.12. The molecule has 23 heavy (non-hydrogen) atoms. The highest BCUT2D eigenvalue weighted by Gasteiger charge is 2.40. The number of carbonyl (C=O) groups excluding carboxylic acids is 2. The summed E-state index contributed by atoms with van der Waals surface area (Å²) in [7, 11) is 0. The van der Waals surface area contributed by atoms with Crippen LogP contribution in [-0.2, 0) is 12.8 Å². The normalized spacial score (nSPS) is 16.3. The minimum atomic E-state index is -0.338. The lowest BCUT2D eigenvalue weighted by Crippen LogP contribution is -2.28. The highest BCUT2D eigenvalue weighted by molar-refractivity contribution is 9.10.